The molecule has 134 valence electrons. The summed E-state index contributed by atoms with van der Waals surface area (Å²) in [6.07, 6.45) is 0.730. The first kappa shape index (κ1) is 19.1. The molecule has 2 N–H and O–H groups in total. The molecule has 0 radical (unpaired) electrons. The second-order valence-corrected chi connectivity index (χ2v) is 6.19. The minimum absolute atomic E-state index is 0.121. The number of halogens is 2. The minimum Gasteiger partial charge on any atom is -0.480 e. The largest absolute Gasteiger partial charge is 0.480 e. The van der Waals surface area contributed by atoms with Gasteiger partial charge in [0.25, 0.3) is 0 Å². The summed E-state index contributed by atoms with van der Waals surface area (Å²) < 4.78 is 6.80. The summed E-state index contributed by atoms with van der Waals surface area (Å²) >= 11 is 12.7. The number of ether oxygens (including phenoxy) is 1. The average Bonchev–Trinajstić information content (AvgIpc) is 2.84. The summed E-state index contributed by atoms with van der Waals surface area (Å²) in [6.45, 7) is 4.78. The van der Waals surface area contributed by atoms with E-state index in [0.29, 0.717) is 5.56 Å². The van der Waals surface area contributed by atoms with Gasteiger partial charge in [-0.2, -0.15) is 0 Å². The third-order valence-electron chi connectivity index (χ3n) is 3.57. The molecule has 1 heterocycles. The Kier molecular flexibility index (Phi) is 5.98. The van der Waals surface area contributed by atoms with Crippen molar-refractivity contribution >= 4 is 35.1 Å². The fourth-order valence-electron chi connectivity index (χ4n) is 2.54. The molecule has 6 nitrogen and oxygen atoms in total. The highest BCUT2D eigenvalue weighted by molar-refractivity contribution is 6.44. The maximum absolute atomic E-state index is 11.5. The summed E-state index contributed by atoms with van der Waals surface area (Å²) in [5.74, 6) is -1.14. The summed E-state index contributed by atoms with van der Waals surface area (Å²) in [7, 11) is 0. The van der Waals surface area contributed by atoms with E-state index in [2.05, 4.69) is 5.43 Å². The van der Waals surface area contributed by atoms with Crippen molar-refractivity contribution in [1.82, 2.24) is 4.68 Å². The molecule has 0 atom stereocenters. The Morgan fingerprint density at radius 3 is 2.52 bits per heavy atom. The lowest BCUT2D eigenvalue weighted by molar-refractivity contribution is -0.139. The van der Waals surface area contributed by atoms with Crippen LogP contribution >= 0.6 is 23.2 Å². The second-order valence-electron chi connectivity index (χ2n) is 5.44. The van der Waals surface area contributed by atoms with Gasteiger partial charge in [-0.3, -0.25) is 14.9 Å². The predicted octanol–water partition coefficient (Wildman–Crippen LogP) is 3.89. The number of benzene rings is 1. The van der Waals surface area contributed by atoms with Gasteiger partial charge in [0, 0.05) is 18.2 Å². The first-order valence-electron chi connectivity index (χ1n) is 7.58. The Hall–Kier alpha value is -2.18. The van der Waals surface area contributed by atoms with Gasteiger partial charge in [0.2, 0.25) is 5.91 Å². The first-order chi connectivity index (χ1) is 11.8. The standard InChI is InChI=1S/C17H18Cl2N2O4/c1-4-11-7-9(2)21(20-10(3)22)17(11)12-5-6-13(16(19)15(12)18)25-8-14(23)24/h5-7H,4,8H2,1-3H3,(H,20,22)(H,23,24). The van der Waals surface area contributed by atoms with Gasteiger partial charge in [-0.05, 0) is 37.1 Å². The van der Waals surface area contributed by atoms with E-state index in [4.69, 9.17) is 33.0 Å². The van der Waals surface area contributed by atoms with E-state index in [1.807, 2.05) is 19.9 Å². The van der Waals surface area contributed by atoms with E-state index < -0.39 is 12.6 Å². The molecule has 0 aliphatic carbocycles. The van der Waals surface area contributed by atoms with Gasteiger partial charge in [-0.15, -0.1) is 0 Å². The third kappa shape index (κ3) is 4.08. The van der Waals surface area contributed by atoms with Gasteiger partial charge in [0.05, 0.1) is 10.7 Å². The van der Waals surface area contributed by atoms with Crippen LogP contribution in [-0.2, 0) is 16.0 Å². The molecule has 0 aliphatic rings. The van der Waals surface area contributed by atoms with Crippen molar-refractivity contribution < 1.29 is 19.4 Å². The smallest absolute Gasteiger partial charge is 0.341 e. The van der Waals surface area contributed by atoms with Crippen LogP contribution in [0.2, 0.25) is 10.0 Å². The van der Waals surface area contributed by atoms with Crippen molar-refractivity contribution in [1.29, 1.82) is 0 Å². The molecule has 2 aromatic rings. The Bertz CT molecular complexity index is 831. The highest BCUT2D eigenvalue weighted by atomic mass is 35.5. The molecular weight excluding hydrogens is 367 g/mol. The summed E-state index contributed by atoms with van der Waals surface area (Å²) in [4.78, 5) is 22.2. The van der Waals surface area contributed by atoms with E-state index >= 15 is 0 Å². The van der Waals surface area contributed by atoms with Gasteiger partial charge in [-0.25, -0.2) is 4.79 Å². The van der Waals surface area contributed by atoms with Crippen LogP contribution in [0.25, 0.3) is 11.3 Å². The topological polar surface area (TPSA) is 80.6 Å². The van der Waals surface area contributed by atoms with Crippen LogP contribution in [-0.4, -0.2) is 28.3 Å². The number of amides is 1. The number of hydrogen-bond acceptors (Lipinski definition) is 3. The van der Waals surface area contributed by atoms with Crippen LogP contribution in [0.15, 0.2) is 18.2 Å². The monoisotopic (exact) mass is 384 g/mol. The summed E-state index contributed by atoms with van der Waals surface area (Å²) in [5, 5.41) is 9.06. The molecule has 0 spiro atoms. The van der Waals surface area contributed by atoms with Crippen LogP contribution in [0.3, 0.4) is 0 Å². The van der Waals surface area contributed by atoms with Gasteiger partial charge in [-0.1, -0.05) is 30.1 Å². The lowest BCUT2D eigenvalue weighted by Crippen LogP contribution is -2.22. The fourth-order valence-corrected chi connectivity index (χ4v) is 3.00. The molecule has 0 bridgehead atoms. The number of carboxylic acid groups (broad SMARTS) is 1. The number of nitrogens with zero attached hydrogens (tertiary/aromatic N) is 1. The Balaban J connectivity index is 2.57. The van der Waals surface area contributed by atoms with Crippen LogP contribution in [0, 0.1) is 6.92 Å². The maximum Gasteiger partial charge on any atom is 0.341 e. The first-order valence-corrected chi connectivity index (χ1v) is 8.33. The number of carbonyl (C=O) groups excluding carboxylic acids is 1. The number of aryl methyl sites for hydroxylation is 2. The van der Waals surface area contributed by atoms with E-state index in [-0.39, 0.29) is 21.7 Å². The lowest BCUT2D eigenvalue weighted by atomic mass is 10.1. The third-order valence-corrected chi connectivity index (χ3v) is 4.43. The number of hydrogen-bond donors (Lipinski definition) is 2. The van der Waals surface area contributed by atoms with Crippen molar-refractivity contribution in [3.05, 3.63) is 39.5 Å². The molecule has 0 fully saturated rings. The zero-order valence-electron chi connectivity index (χ0n) is 14.0. The van der Waals surface area contributed by atoms with Crippen molar-refractivity contribution in [2.75, 3.05) is 12.0 Å². The SMILES string of the molecule is CCc1cc(C)n(NC(C)=O)c1-c1ccc(OCC(=O)O)c(Cl)c1Cl. The van der Waals surface area contributed by atoms with Gasteiger partial charge in [0.1, 0.15) is 10.8 Å². The van der Waals surface area contributed by atoms with Gasteiger partial charge >= 0.3 is 5.97 Å². The summed E-state index contributed by atoms with van der Waals surface area (Å²) in [5.41, 5.74) is 5.95. The average molecular weight is 385 g/mol. The number of carbonyl (C=O) groups is 2. The van der Waals surface area contributed by atoms with E-state index in [0.717, 1.165) is 23.4 Å². The molecule has 25 heavy (non-hydrogen) atoms. The Labute approximate surface area is 155 Å². The van der Waals surface area contributed by atoms with Crippen molar-refractivity contribution in [2.24, 2.45) is 0 Å². The molecule has 0 aliphatic heterocycles. The highest BCUT2D eigenvalue weighted by Crippen LogP contribution is 2.41. The van der Waals surface area contributed by atoms with Gasteiger partial charge < -0.3 is 9.84 Å². The molecular formula is C17H18Cl2N2O4. The normalized spacial score (nSPS) is 10.6. The van der Waals surface area contributed by atoms with E-state index in [9.17, 15) is 9.59 Å². The molecule has 0 unspecified atom stereocenters. The number of nitrogens with one attached hydrogen (secondary N) is 1. The molecule has 1 amide bonds. The maximum atomic E-state index is 11.5. The van der Waals surface area contributed by atoms with Crippen LogP contribution in [0.5, 0.6) is 5.75 Å². The number of rotatable bonds is 6. The predicted molar refractivity (Wildman–Crippen MR) is 97.2 cm³/mol. The molecule has 0 saturated carbocycles. The van der Waals surface area contributed by atoms with E-state index in [1.54, 1.807) is 16.8 Å². The number of aliphatic carboxylic acids is 1. The van der Waals surface area contributed by atoms with Crippen LogP contribution < -0.4 is 10.2 Å². The lowest BCUT2D eigenvalue weighted by Gasteiger charge is -2.16. The van der Waals surface area contributed by atoms with Crippen molar-refractivity contribution in [3.63, 3.8) is 0 Å². The highest BCUT2D eigenvalue weighted by Gasteiger charge is 2.20. The number of aromatic nitrogens is 1. The molecule has 8 heteroatoms. The molecule has 1 aromatic heterocycles. The molecule has 0 saturated heterocycles. The van der Waals surface area contributed by atoms with Crippen molar-refractivity contribution in [2.45, 2.75) is 27.2 Å². The zero-order valence-corrected chi connectivity index (χ0v) is 15.5. The Morgan fingerprint density at radius 1 is 1.28 bits per heavy atom. The fraction of sp³-hybridized carbons (Fsp3) is 0.294. The minimum atomic E-state index is -1.11. The van der Waals surface area contributed by atoms with Crippen LogP contribution in [0.1, 0.15) is 25.1 Å². The molecule has 1 aromatic carbocycles. The quantitative estimate of drug-likeness (QED) is 0.791. The second kappa shape index (κ2) is 7.80. The Morgan fingerprint density at radius 2 is 1.96 bits per heavy atom. The zero-order chi connectivity index (χ0) is 18.7. The van der Waals surface area contributed by atoms with Crippen molar-refractivity contribution in [3.8, 4) is 17.0 Å². The van der Waals surface area contributed by atoms with Gasteiger partial charge in [0.15, 0.2) is 6.61 Å². The summed E-state index contributed by atoms with van der Waals surface area (Å²) in [6, 6.07) is 5.22. The van der Waals surface area contributed by atoms with Crippen LogP contribution in [0.4, 0.5) is 0 Å². The van der Waals surface area contributed by atoms with E-state index in [1.165, 1.54) is 6.92 Å². The number of carboxylic acids is 1. The molecule has 2 rings (SSSR count).